The Morgan fingerprint density at radius 2 is 2.40 bits per heavy atom. The predicted octanol–water partition coefficient (Wildman–Crippen LogP) is 0.631. The molecule has 0 aliphatic carbocycles. The van der Waals surface area contributed by atoms with Crippen LogP contribution in [0.25, 0.3) is 0 Å². The lowest BCUT2D eigenvalue weighted by molar-refractivity contribution is -0.113. The number of alkyl halides is 1. The molecule has 10 heavy (non-hydrogen) atoms. The first-order valence-electron chi connectivity index (χ1n) is 2.91. The smallest absolute Gasteiger partial charge is 0.244 e. The Labute approximate surface area is 64.8 Å². The Balaban J connectivity index is 3.10. The van der Waals surface area contributed by atoms with Gasteiger partial charge in [-0.15, -0.1) is 11.6 Å². The predicted molar refractivity (Wildman–Crippen MR) is 39.6 cm³/mol. The lowest BCUT2D eigenvalue weighted by Crippen LogP contribution is -2.05. The highest BCUT2D eigenvalue weighted by molar-refractivity contribution is 6.17. The van der Waals surface area contributed by atoms with Gasteiger partial charge in [-0.1, -0.05) is 0 Å². The maximum atomic E-state index is 10.1. The second kappa shape index (κ2) is 6.42. The van der Waals surface area contributed by atoms with Crippen LogP contribution in [-0.2, 0) is 9.53 Å². The van der Waals surface area contributed by atoms with Gasteiger partial charge >= 0.3 is 0 Å². The number of hydrogen-bond donors (Lipinski definition) is 1. The molecule has 0 saturated carbocycles. The Morgan fingerprint density at radius 1 is 1.70 bits per heavy atom. The molecule has 4 heteroatoms. The zero-order valence-electron chi connectivity index (χ0n) is 5.55. The van der Waals surface area contributed by atoms with Gasteiger partial charge in [-0.3, -0.25) is 4.79 Å². The minimum absolute atomic E-state index is 0.508. The first-order chi connectivity index (χ1) is 4.77. The van der Waals surface area contributed by atoms with E-state index in [1.54, 1.807) is 0 Å². The van der Waals surface area contributed by atoms with Crippen LogP contribution in [0.15, 0.2) is 12.3 Å². The van der Waals surface area contributed by atoms with Gasteiger partial charge in [0.2, 0.25) is 5.91 Å². The number of halogens is 1. The standard InChI is InChI=1S/C6H10ClNO2/c7-3-1-4-10-5-2-6(8)9/h2,5H,1,3-4H2,(H2,8,9)/b5-2+. The number of ether oxygens (including phenoxy) is 1. The number of carbonyl (C=O) groups excluding carboxylic acids is 1. The van der Waals surface area contributed by atoms with Gasteiger partial charge < -0.3 is 10.5 Å². The van der Waals surface area contributed by atoms with E-state index in [0.717, 1.165) is 12.5 Å². The van der Waals surface area contributed by atoms with Crippen molar-refractivity contribution in [3.05, 3.63) is 12.3 Å². The first kappa shape index (κ1) is 9.30. The van der Waals surface area contributed by atoms with Crippen LogP contribution in [0.4, 0.5) is 0 Å². The van der Waals surface area contributed by atoms with Gasteiger partial charge in [0.05, 0.1) is 12.9 Å². The van der Waals surface area contributed by atoms with Gasteiger partial charge in [0.15, 0.2) is 0 Å². The Bertz CT molecular complexity index is 125. The third kappa shape index (κ3) is 7.30. The monoisotopic (exact) mass is 163 g/mol. The van der Waals surface area contributed by atoms with Crippen LogP contribution in [0.5, 0.6) is 0 Å². The van der Waals surface area contributed by atoms with Gasteiger partial charge in [0.1, 0.15) is 0 Å². The van der Waals surface area contributed by atoms with Crippen molar-refractivity contribution in [3.63, 3.8) is 0 Å². The molecule has 58 valence electrons. The van der Waals surface area contributed by atoms with Crippen LogP contribution in [0.1, 0.15) is 6.42 Å². The van der Waals surface area contributed by atoms with Gasteiger partial charge in [-0.05, 0) is 6.42 Å². The fourth-order valence-corrected chi connectivity index (χ4v) is 0.430. The fourth-order valence-electron chi connectivity index (χ4n) is 0.321. The molecule has 0 fully saturated rings. The molecule has 0 aromatic heterocycles. The van der Waals surface area contributed by atoms with Crippen molar-refractivity contribution < 1.29 is 9.53 Å². The summed E-state index contributed by atoms with van der Waals surface area (Å²) in [5.41, 5.74) is 4.78. The second-order valence-corrected chi connectivity index (χ2v) is 2.00. The molecule has 0 unspecified atom stereocenters. The van der Waals surface area contributed by atoms with Gasteiger partial charge in [-0.25, -0.2) is 0 Å². The normalized spacial score (nSPS) is 10.1. The van der Waals surface area contributed by atoms with E-state index in [1.165, 1.54) is 6.26 Å². The highest BCUT2D eigenvalue weighted by Crippen LogP contribution is 1.86. The summed E-state index contributed by atoms with van der Waals surface area (Å²) in [6.07, 6.45) is 3.20. The van der Waals surface area contributed by atoms with Crippen LogP contribution in [-0.4, -0.2) is 18.4 Å². The average Bonchev–Trinajstić information content (AvgIpc) is 1.87. The highest BCUT2D eigenvalue weighted by Gasteiger charge is 1.83. The molecule has 0 saturated heterocycles. The summed E-state index contributed by atoms with van der Waals surface area (Å²) in [6, 6.07) is 0. The molecule has 0 heterocycles. The van der Waals surface area contributed by atoms with Crippen molar-refractivity contribution in [2.45, 2.75) is 6.42 Å². The number of carbonyl (C=O) groups is 1. The lowest BCUT2D eigenvalue weighted by atomic mass is 10.5. The van der Waals surface area contributed by atoms with Crippen LogP contribution in [0.2, 0.25) is 0 Å². The summed E-state index contributed by atoms with van der Waals surface area (Å²) < 4.78 is 4.82. The SMILES string of the molecule is NC(=O)/C=C/OCCCCl. The lowest BCUT2D eigenvalue weighted by Gasteiger charge is -1.94. The van der Waals surface area contributed by atoms with E-state index in [2.05, 4.69) is 0 Å². The van der Waals surface area contributed by atoms with Crippen molar-refractivity contribution in [1.82, 2.24) is 0 Å². The molecular weight excluding hydrogens is 154 g/mol. The summed E-state index contributed by atoms with van der Waals surface area (Å²) >= 11 is 5.35. The molecule has 3 nitrogen and oxygen atoms in total. The molecule has 0 aromatic rings. The maximum Gasteiger partial charge on any atom is 0.244 e. The molecule has 0 aliphatic rings. The van der Waals surface area contributed by atoms with E-state index in [9.17, 15) is 4.79 Å². The van der Waals surface area contributed by atoms with Crippen LogP contribution in [0, 0.1) is 0 Å². The molecule has 1 amide bonds. The third-order valence-corrected chi connectivity index (χ3v) is 0.992. The molecule has 0 bridgehead atoms. The quantitative estimate of drug-likeness (QED) is 0.280. The van der Waals surface area contributed by atoms with E-state index in [1.807, 2.05) is 0 Å². The Hall–Kier alpha value is -0.700. The molecule has 0 rings (SSSR count). The van der Waals surface area contributed by atoms with Gasteiger partial charge in [0.25, 0.3) is 0 Å². The fraction of sp³-hybridized carbons (Fsp3) is 0.500. The minimum Gasteiger partial charge on any atom is -0.501 e. The molecule has 2 N–H and O–H groups in total. The van der Waals surface area contributed by atoms with Crippen molar-refractivity contribution in [3.8, 4) is 0 Å². The molecule has 0 atom stereocenters. The Morgan fingerprint density at radius 3 is 2.90 bits per heavy atom. The summed E-state index contributed by atoms with van der Waals surface area (Å²) in [5, 5.41) is 0. The molecule has 0 spiro atoms. The number of amides is 1. The largest absolute Gasteiger partial charge is 0.501 e. The number of rotatable bonds is 5. The topological polar surface area (TPSA) is 52.3 Å². The van der Waals surface area contributed by atoms with E-state index < -0.39 is 5.91 Å². The number of primary amides is 1. The molecule has 0 aromatic carbocycles. The van der Waals surface area contributed by atoms with Crippen LogP contribution >= 0.6 is 11.6 Å². The zero-order valence-corrected chi connectivity index (χ0v) is 6.30. The Kier molecular flexibility index (Phi) is 5.97. The number of hydrogen-bond acceptors (Lipinski definition) is 2. The highest BCUT2D eigenvalue weighted by atomic mass is 35.5. The second-order valence-electron chi connectivity index (χ2n) is 1.62. The molecule has 0 aliphatic heterocycles. The summed E-state index contributed by atoms with van der Waals surface area (Å²) in [5.74, 6) is 0.0515. The third-order valence-electron chi connectivity index (χ3n) is 0.724. The molecule has 0 radical (unpaired) electrons. The summed E-state index contributed by atoms with van der Waals surface area (Å²) in [7, 11) is 0. The van der Waals surface area contributed by atoms with E-state index in [4.69, 9.17) is 22.1 Å². The van der Waals surface area contributed by atoms with Gasteiger partial charge in [0, 0.05) is 12.0 Å². The van der Waals surface area contributed by atoms with E-state index >= 15 is 0 Å². The van der Waals surface area contributed by atoms with E-state index in [0.29, 0.717) is 12.5 Å². The van der Waals surface area contributed by atoms with Crippen molar-refractivity contribution in [1.29, 1.82) is 0 Å². The van der Waals surface area contributed by atoms with Crippen molar-refractivity contribution in [2.24, 2.45) is 5.73 Å². The molecular formula is C6H10ClNO2. The summed E-state index contributed by atoms with van der Waals surface area (Å²) in [4.78, 5) is 10.1. The zero-order chi connectivity index (χ0) is 7.82. The minimum atomic E-state index is -0.508. The van der Waals surface area contributed by atoms with Gasteiger partial charge in [-0.2, -0.15) is 0 Å². The van der Waals surface area contributed by atoms with Crippen molar-refractivity contribution in [2.75, 3.05) is 12.5 Å². The maximum absolute atomic E-state index is 10.1. The van der Waals surface area contributed by atoms with Crippen LogP contribution < -0.4 is 5.73 Å². The van der Waals surface area contributed by atoms with E-state index in [-0.39, 0.29) is 0 Å². The number of nitrogens with two attached hydrogens (primary N) is 1. The average molecular weight is 164 g/mol. The first-order valence-corrected chi connectivity index (χ1v) is 3.44. The van der Waals surface area contributed by atoms with Crippen LogP contribution in [0.3, 0.4) is 0 Å². The van der Waals surface area contributed by atoms with Crippen molar-refractivity contribution >= 4 is 17.5 Å². The summed E-state index contributed by atoms with van der Waals surface area (Å²) in [6.45, 7) is 0.521.